The van der Waals surface area contributed by atoms with E-state index in [0.29, 0.717) is 0 Å². The molecule has 0 aromatic heterocycles. The maximum atomic E-state index is 12.4. The second-order valence-electron chi connectivity index (χ2n) is 5.54. The van der Waals surface area contributed by atoms with Crippen molar-refractivity contribution in [3.05, 3.63) is 42.5 Å². The van der Waals surface area contributed by atoms with Crippen molar-refractivity contribution in [2.45, 2.75) is 25.8 Å². The fraction of sp³-hybridized carbons (Fsp3) is 0.353. The minimum atomic E-state index is 0.0650. The van der Waals surface area contributed by atoms with E-state index in [2.05, 4.69) is 29.7 Å². The fourth-order valence-corrected chi connectivity index (χ4v) is 2.90. The summed E-state index contributed by atoms with van der Waals surface area (Å²) in [5, 5.41) is 8.77. The van der Waals surface area contributed by atoms with E-state index in [4.69, 9.17) is 0 Å². The molecule has 1 amide bonds. The molecule has 2 N–H and O–H groups in total. The summed E-state index contributed by atoms with van der Waals surface area (Å²) < 4.78 is 0. The average molecular weight is 268 g/mol. The van der Waals surface area contributed by atoms with E-state index in [1.807, 2.05) is 30.3 Å². The highest BCUT2D eigenvalue weighted by atomic mass is 16.1. The van der Waals surface area contributed by atoms with Crippen molar-refractivity contribution in [1.29, 1.82) is 0 Å². The summed E-state index contributed by atoms with van der Waals surface area (Å²) in [6.45, 7) is 3.10. The number of amides is 1. The van der Waals surface area contributed by atoms with Crippen LogP contribution in [-0.2, 0) is 4.79 Å². The Kier molecular flexibility index (Phi) is 3.70. The molecule has 104 valence electrons. The van der Waals surface area contributed by atoms with Gasteiger partial charge in [-0.25, -0.2) is 0 Å². The van der Waals surface area contributed by atoms with E-state index in [9.17, 15) is 4.79 Å². The third-order valence-electron chi connectivity index (χ3n) is 4.12. The van der Waals surface area contributed by atoms with E-state index >= 15 is 0 Å². The second-order valence-corrected chi connectivity index (χ2v) is 5.54. The van der Waals surface area contributed by atoms with Gasteiger partial charge in [0.15, 0.2) is 0 Å². The molecule has 1 heterocycles. The van der Waals surface area contributed by atoms with Gasteiger partial charge in [0.05, 0.1) is 5.92 Å². The van der Waals surface area contributed by atoms with E-state index in [0.717, 1.165) is 30.5 Å². The predicted molar refractivity (Wildman–Crippen MR) is 82.8 cm³/mol. The molecule has 0 radical (unpaired) electrons. The SMILES string of the molecule is CC1NCCCC1C(=O)Nc1ccc2ccccc2c1. The molecule has 0 saturated carbocycles. The Hall–Kier alpha value is -1.87. The Bertz CT molecular complexity index is 623. The summed E-state index contributed by atoms with van der Waals surface area (Å²) in [6.07, 6.45) is 2.04. The zero-order valence-corrected chi connectivity index (χ0v) is 11.7. The number of anilines is 1. The number of rotatable bonds is 2. The molecule has 3 rings (SSSR count). The van der Waals surface area contributed by atoms with Crippen molar-refractivity contribution in [1.82, 2.24) is 5.32 Å². The first kappa shape index (κ1) is 13.1. The van der Waals surface area contributed by atoms with Gasteiger partial charge in [0.2, 0.25) is 5.91 Å². The lowest BCUT2D eigenvalue weighted by Gasteiger charge is -2.28. The molecule has 2 aromatic rings. The van der Waals surface area contributed by atoms with Crippen LogP contribution in [0.15, 0.2) is 42.5 Å². The molecule has 20 heavy (non-hydrogen) atoms. The predicted octanol–water partition coefficient (Wildman–Crippen LogP) is 3.17. The normalized spacial score (nSPS) is 22.6. The fourth-order valence-electron chi connectivity index (χ4n) is 2.90. The first-order valence-electron chi connectivity index (χ1n) is 7.27. The van der Waals surface area contributed by atoms with Gasteiger partial charge in [-0.3, -0.25) is 4.79 Å². The summed E-state index contributed by atoms with van der Waals surface area (Å²) >= 11 is 0. The standard InChI is InChI=1S/C17H20N2O/c1-12-16(7-4-10-18-12)17(20)19-15-9-8-13-5-2-3-6-14(13)11-15/h2-3,5-6,8-9,11-12,16,18H,4,7,10H2,1H3,(H,19,20). The lowest BCUT2D eigenvalue weighted by Crippen LogP contribution is -2.44. The molecule has 1 saturated heterocycles. The van der Waals surface area contributed by atoms with Gasteiger partial charge in [-0.2, -0.15) is 0 Å². The van der Waals surface area contributed by atoms with E-state index in [1.54, 1.807) is 0 Å². The van der Waals surface area contributed by atoms with E-state index in [-0.39, 0.29) is 17.9 Å². The summed E-state index contributed by atoms with van der Waals surface area (Å²) in [7, 11) is 0. The molecule has 0 bridgehead atoms. The topological polar surface area (TPSA) is 41.1 Å². The minimum Gasteiger partial charge on any atom is -0.326 e. The number of piperidine rings is 1. The van der Waals surface area contributed by atoms with Crippen molar-refractivity contribution in [3.8, 4) is 0 Å². The summed E-state index contributed by atoms with van der Waals surface area (Å²) in [6, 6.07) is 14.5. The molecular weight excluding hydrogens is 248 g/mol. The Morgan fingerprint density at radius 3 is 2.80 bits per heavy atom. The van der Waals surface area contributed by atoms with Gasteiger partial charge in [-0.1, -0.05) is 30.3 Å². The first-order valence-corrected chi connectivity index (χ1v) is 7.27. The van der Waals surface area contributed by atoms with Crippen LogP contribution in [0.1, 0.15) is 19.8 Å². The molecule has 1 aliphatic rings. The quantitative estimate of drug-likeness (QED) is 0.878. The smallest absolute Gasteiger partial charge is 0.229 e. The lowest BCUT2D eigenvalue weighted by molar-refractivity contribution is -0.121. The van der Waals surface area contributed by atoms with Gasteiger partial charge in [0.25, 0.3) is 0 Å². The number of nitrogens with one attached hydrogen (secondary N) is 2. The number of carbonyl (C=O) groups excluding carboxylic acids is 1. The van der Waals surface area contributed by atoms with Crippen LogP contribution >= 0.6 is 0 Å². The van der Waals surface area contributed by atoms with Crippen molar-refractivity contribution in [2.75, 3.05) is 11.9 Å². The molecule has 3 nitrogen and oxygen atoms in total. The molecule has 0 spiro atoms. The highest BCUT2D eigenvalue weighted by Gasteiger charge is 2.27. The second kappa shape index (κ2) is 5.63. The van der Waals surface area contributed by atoms with Crippen molar-refractivity contribution >= 4 is 22.4 Å². The summed E-state index contributed by atoms with van der Waals surface area (Å²) in [5.41, 5.74) is 0.881. The largest absolute Gasteiger partial charge is 0.326 e. The van der Waals surface area contributed by atoms with Crippen molar-refractivity contribution in [2.24, 2.45) is 5.92 Å². The van der Waals surface area contributed by atoms with Crippen LogP contribution in [0.2, 0.25) is 0 Å². The first-order chi connectivity index (χ1) is 9.74. The van der Waals surface area contributed by atoms with Crippen molar-refractivity contribution < 1.29 is 4.79 Å². The van der Waals surface area contributed by atoms with Gasteiger partial charge < -0.3 is 10.6 Å². The van der Waals surface area contributed by atoms with E-state index < -0.39 is 0 Å². The van der Waals surface area contributed by atoms with Gasteiger partial charge in [0.1, 0.15) is 0 Å². The molecule has 0 aliphatic carbocycles. The zero-order chi connectivity index (χ0) is 13.9. The van der Waals surface area contributed by atoms with Crippen molar-refractivity contribution in [3.63, 3.8) is 0 Å². The molecular formula is C17H20N2O. The number of hydrogen-bond acceptors (Lipinski definition) is 2. The Balaban J connectivity index is 1.76. The van der Waals surface area contributed by atoms with Crippen LogP contribution < -0.4 is 10.6 Å². The molecule has 3 heteroatoms. The minimum absolute atomic E-state index is 0.0650. The monoisotopic (exact) mass is 268 g/mol. The van der Waals surface area contributed by atoms with Crippen LogP contribution in [0, 0.1) is 5.92 Å². The Morgan fingerprint density at radius 2 is 2.00 bits per heavy atom. The van der Waals surface area contributed by atoms with Crippen LogP contribution in [-0.4, -0.2) is 18.5 Å². The van der Waals surface area contributed by atoms with Gasteiger partial charge in [0, 0.05) is 11.7 Å². The van der Waals surface area contributed by atoms with Crippen LogP contribution in [0.3, 0.4) is 0 Å². The average Bonchev–Trinajstić information content (AvgIpc) is 2.47. The lowest BCUT2D eigenvalue weighted by atomic mass is 9.91. The van der Waals surface area contributed by atoms with Crippen LogP contribution in [0.25, 0.3) is 10.8 Å². The molecule has 2 atom stereocenters. The number of benzene rings is 2. The summed E-state index contributed by atoms with van der Waals surface area (Å²) in [5.74, 6) is 0.190. The number of hydrogen-bond donors (Lipinski definition) is 2. The molecule has 2 unspecified atom stereocenters. The molecule has 1 fully saturated rings. The zero-order valence-electron chi connectivity index (χ0n) is 11.7. The highest BCUT2D eigenvalue weighted by Crippen LogP contribution is 2.22. The third-order valence-corrected chi connectivity index (χ3v) is 4.12. The molecule has 2 aromatic carbocycles. The Morgan fingerprint density at radius 1 is 1.20 bits per heavy atom. The van der Waals surface area contributed by atoms with Gasteiger partial charge in [-0.05, 0) is 49.2 Å². The number of fused-ring (bicyclic) bond motifs is 1. The maximum absolute atomic E-state index is 12.4. The van der Waals surface area contributed by atoms with Gasteiger partial charge >= 0.3 is 0 Å². The van der Waals surface area contributed by atoms with Crippen LogP contribution in [0.5, 0.6) is 0 Å². The maximum Gasteiger partial charge on any atom is 0.229 e. The number of carbonyl (C=O) groups is 1. The Labute approximate surface area is 119 Å². The van der Waals surface area contributed by atoms with E-state index in [1.165, 1.54) is 5.39 Å². The van der Waals surface area contributed by atoms with Crippen LogP contribution in [0.4, 0.5) is 5.69 Å². The molecule has 1 aliphatic heterocycles. The van der Waals surface area contributed by atoms with Gasteiger partial charge in [-0.15, -0.1) is 0 Å². The highest BCUT2D eigenvalue weighted by molar-refractivity contribution is 5.95. The third kappa shape index (κ3) is 2.68. The summed E-state index contributed by atoms with van der Waals surface area (Å²) in [4.78, 5) is 12.4.